The van der Waals surface area contributed by atoms with Crippen LogP contribution in [0.4, 0.5) is 0 Å². The molecule has 1 aromatic heterocycles. The van der Waals surface area contributed by atoms with Crippen LogP contribution < -0.4 is 10.1 Å². The fourth-order valence-electron chi connectivity index (χ4n) is 3.55. The number of ketones is 1. The van der Waals surface area contributed by atoms with E-state index >= 15 is 0 Å². The molecule has 6 atom stereocenters. The molecule has 2 aromatic rings. The molecule has 2 fully saturated rings. The molecule has 0 spiro atoms. The summed E-state index contributed by atoms with van der Waals surface area (Å²) in [5.41, 5.74) is 0.545. The number of rotatable bonds is 5. The molecule has 0 saturated carbocycles. The normalized spacial score (nSPS) is 30.9. The number of carbonyl (C=O) groups is 2. The Morgan fingerprint density at radius 2 is 1.90 bits per heavy atom. The minimum atomic E-state index is -1.12. The maximum Gasteiger partial charge on any atom is 0.223 e. The molecule has 0 bridgehead atoms. The highest BCUT2D eigenvalue weighted by Crippen LogP contribution is 2.35. The number of ether oxygens (including phenoxy) is 4. The van der Waals surface area contributed by atoms with E-state index in [1.54, 1.807) is 36.4 Å². The number of hydrogen-bond donors (Lipinski definition) is 2. The van der Waals surface area contributed by atoms with Crippen LogP contribution in [0.2, 0.25) is 0 Å². The summed E-state index contributed by atoms with van der Waals surface area (Å²) < 4.78 is 28.7. The third kappa shape index (κ3) is 4.24. The van der Waals surface area contributed by atoms with Gasteiger partial charge in [0.2, 0.25) is 18.5 Å². The van der Waals surface area contributed by atoms with Crippen molar-refractivity contribution in [3.63, 3.8) is 0 Å². The SMILES string of the molecule is CC(=O)N[C@@H]1[C@@H](Oc2ccc(C(C)=O)cc2)O[C@H]2CO[C@H](c3ccco3)O[C@@H]2[C@H]1O. The average molecular weight is 417 g/mol. The van der Waals surface area contributed by atoms with E-state index in [1.165, 1.54) is 20.1 Å². The van der Waals surface area contributed by atoms with Gasteiger partial charge in [-0.25, -0.2) is 0 Å². The average Bonchev–Trinajstić information content (AvgIpc) is 3.26. The van der Waals surface area contributed by atoms with Crippen LogP contribution in [0, 0.1) is 0 Å². The summed E-state index contributed by atoms with van der Waals surface area (Å²) >= 11 is 0. The van der Waals surface area contributed by atoms with Gasteiger partial charge in [-0.15, -0.1) is 0 Å². The number of aliphatic hydroxyl groups is 1. The van der Waals surface area contributed by atoms with Gasteiger partial charge in [0.05, 0.1) is 12.9 Å². The Kier molecular flexibility index (Phi) is 5.87. The van der Waals surface area contributed by atoms with Gasteiger partial charge in [-0.3, -0.25) is 9.59 Å². The van der Waals surface area contributed by atoms with E-state index in [0.717, 1.165) is 0 Å². The van der Waals surface area contributed by atoms with E-state index in [2.05, 4.69) is 5.32 Å². The zero-order chi connectivity index (χ0) is 21.3. The van der Waals surface area contributed by atoms with Crippen molar-refractivity contribution in [2.24, 2.45) is 0 Å². The van der Waals surface area contributed by atoms with Crippen molar-refractivity contribution in [3.05, 3.63) is 54.0 Å². The van der Waals surface area contributed by atoms with Crippen molar-refractivity contribution in [1.82, 2.24) is 5.32 Å². The molecular weight excluding hydrogens is 394 g/mol. The van der Waals surface area contributed by atoms with Crippen molar-refractivity contribution >= 4 is 11.7 Å². The predicted octanol–water partition coefficient (Wildman–Crippen LogP) is 1.57. The second-order valence-corrected chi connectivity index (χ2v) is 7.24. The highest BCUT2D eigenvalue weighted by molar-refractivity contribution is 5.94. The largest absolute Gasteiger partial charge is 0.464 e. The van der Waals surface area contributed by atoms with E-state index in [-0.39, 0.29) is 18.3 Å². The van der Waals surface area contributed by atoms with Crippen molar-refractivity contribution in [2.45, 2.75) is 50.8 Å². The molecule has 4 rings (SSSR count). The van der Waals surface area contributed by atoms with E-state index in [9.17, 15) is 14.7 Å². The van der Waals surface area contributed by atoms with E-state index < -0.39 is 36.9 Å². The number of benzene rings is 1. The lowest BCUT2D eigenvalue weighted by molar-refractivity contribution is -0.336. The molecule has 0 unspecified atom stereocenters. The Balaban J connectivity index is 1.51. The van der Waals surface area contributed by atoms with Crippen LogP contribution in [0.1, 0.15) is 36.3 Å². The molecule has 0 aliphatic carbocycles. The van der Waals surface area contributed by atoms with Crippen molar-refractivity contribution < 1.29 is 38.1 Å². The topological polar surface area (TPSA) is 116 Å². The van der Waals surface area contributed by atoms with Gasteiger partial charge >= 0.3 is 0 Å². The molecule has 2 saturated heterocycles. The predicted molar refractivity (Wildman–Crippen MR) is 102 cm³/mol. The van der Waals surface area contributed by atoms with Crippen LogP contribution in [-0.4, -0.2) is 54.0 Å². The van der Waals surface area contributed by atoms with Crippen LogP contribution in [0.5, 0.6) is 5.75 Å². The van der Waals surface area contributed by atoms with E-state index in [1.807, 2.05) is 0 Å². The van der Waals surface area contributed by atoms with Crippen molar-refractivity contribution in [1.29, 1.82) is 0 Å². The van der Waals surface area contributed by atoms with E-state index in [4.69, 9.17) is 23.4 Å². The zero-order valence-corrected chi connectivity index (χ0v) is 16.5. The first kappa shape index (κ1) is 20.5. The fourth-order valence-corrected chi connectivity index (χ4v) is 3.55. The second kappa shape index (κ2) is 8.57. The molecule has 2 aliphatic rings. The number of hydrogen-bond acceptors (Lipinski definition) is 8. The summed E-state index contributed by atoms with van der Waals surface area (Å²) in [6.07, 6.45) is -2.75. The monoisotopic (exact) mass is 417 g/mol. The number of fused-ring (bicyclic) bond motifs is 1. The van der Waals surface area contributed by atoms with Crippen molar-refractivity contribution in [2.75, 3.05) is 6.61 Å². The van der Waals surface area contributed by atoms with Crippen LogP contribution in [0.15, 0.2) is 47.1 Å². The van der Waals surface area contributed by atoms with Crippen LogP contribution in [0.3, 0.4) is 0 Å². The van der Waals surface area contributed by atoms with Crippen LogP contribution in [-0.2, 0) is 19.0 Å². The first-order chi connectivity index (χ1) is 14.4. The summed E-state index contributed by atoms with van der Waals surface area (Å²) in [5.74, 6) is 0.488. The number of Topliss-reactive ketones (excluding diaryl/α,β-unsaturated/α-hetero) is 1. The smallest absolute Gasteiger partial charge is 0.223 e. The molecule has 2 N–H and O–H groups in total. The first-order valence-electron chi connectivity index (χ1n) is 9.61. The fraction of sp³-hybridized carbons (Fsp3) is 0.429. The Morgan fingerprint density at radius 3 is 2.53 bits per heavy atom. The Hall–Kier alpha value is -2.72. The van der Waals surface area contributed by atoms with Gasteiger partial charge in [0.25, 0.3) is 0 Å². The molecule has 9 heteroatoms. The number of carbonyl (C=O) groups excluding carboxylic acids is 2. The highest BCUT2D eigenvalue weighted by atomic mass is 16.8. The minimum Gasteiger partial charge on any atom is -0.464 e. The maximum atomic E-state index is 11.7. The highest BCUT2D eigenvalue weighted by Gasteiger charge is 2.51. The van der Waals surface area contributed by atoms with Gasteiger partial charge < -0.3 is 33.8 Å². The summed E-state index contributed by atoms with van der Waals surface area (Å²) in [4.78, 5) is 23.2. The van der Waals surface area contributed by atoms with Gasteiger partial charge in [-0.2, -0.15) is 0 Å². The van der Waals surface area contributed by atoms with Crippen LogP contribution in [0.25, 0.3) is 0 Å². The Bertz CT molecular complexity index is 881. The Morgan fingerprint density at radius 1 is 1.13 bits per heavy atom. The molecule has 1 amide bonds. The summed E-state index contributed by atoms with van der Waals surface area (Å²) in [6, 6.07) is 9.06. The van der Waals surface area contributed by atoms with Crippen molar-refractivity contribution in [3.8, 4) is 5.75 Å². The zero-order valence-electron chi connectivity index (χ0n) is 16.5. The quantitative estimate of drug-likeness (QED) is 0.704. The van der Waals surface area contributed by atoms with Gasteiger partial charge in [0.1, 0.15) is 30.1 Å². The standard InChI is InChI=1S/C21H23NO8/c1-11(23)13-5-7-14(8-6-13)28-21-17(22-12(2)24)18(25)19-16(29-21)10-27-20(30-19)15-4-3-9-26-15/h3-9,16-21,25H,10H2,1-2H3,(H,22,24)/t16-,17-,18-,19-,20-,21-/m0/s1. The molecule has 1 aromatic carbocycles. The number of nitrogens with one attached hydrogen (secondary N) is 1. The number of aliphatic hydroxyl groups excluding tert-OH is 1. The van der Waals surface area contributed by atoms with Gasteiger partial charge in [-0.1, -0.05) is 0 Å². The first-order valence-corrected chi connectivity index (χ1v) is 9.61. The van der Waals surface area contributed by atoms with Gasteiger partial charge in [0.15, 0.2) is 11.5 Å². The molecule has 3 heterocycles. The maximum absolute atomic E-state index is 11.7. The third-order valence-electron chi connectivity index (χ3n) is 5.02. The lowest BCUT2D eigenvalue weighted by Gasteiger charge is -2.47. The molecule has 30 heavy (non-hydrogen) atoms. The van der Waals surface area contributed by atoms with Gasteiger partial charge in [0, 0.05) is 12.5 Å². The summed E-state index contributed by atoms with van der Waals surface area (Å²) in [7, 11) is 0. The van der Waals surface area contributed by atoms with Gasteiger partial charge in [-0.05, 0) is 43.3 Å². The minimum absolute atomic E-state index is 0.0625. The lowest BCUT2D eigenvalue weighted by Crippen LogP contribution is -2.67. The van der Waals surface area contributed by atoms with Crippen LogP contribution >= 0.6 is 0 Å². The molecule has 0 radical (unpaired) electrons. The van der Waals surface area contributed by atoms with E-state index in [0.29, 0.717) is 17.1 Å². The lowest BCUT2D eigenvalue weighted by atomic mass is 9.96. The number of furan rings is 1. The number of amides is 1. The molecule has 2 aliphatic heterocycles. The molecular formula is C21H23NO8. The second-order valence-electron chi connectivity index (χ2n) is 7.24. The molecule has 9 nitrogen and oxygen atoms in total. The summed E-state index contributed by atoms with van der Waals surface area (Å²) in [6.45, 7) is 2.96. The summed E-state index contributed by atoms with van der Waals surface area (Å²) in [5, 5.41) is 13.6. The Labute approximate surface area is 172 Å². The third-order valence-corrected chi connectivity index (χ3v) is 5.02. The molecule has 160 valence electrons.